The Morgan fingerprint density at radius 3 is 2.64 bits per heavy atom. The van der Waals surface area contributed by atoms with E-state index in [1.165, 1.54) is 0 Å². The molecule has 0 aliphatic carbocycles. The molecule has 1 heterocycles. The van der Waals surface area contributed by atoms with Crippen LogP contribution in [0, 0.1) is 0 Å². The molecule has 1 fully saturated rings. The fourth-order valence-electron chi connectivity index (χ4n) is 2.67. The van der Waals surface area contributed by atoms with Crippen molar-refractivity contribution in [2.75, 3.05) is 30.4 Å². The molecule has 0 unspecified atom stereocenters. The lowest BCUT2D eigenvalue weighted by Gasteiger charge is -2.34. The van der Waals surface area contributed by atoms with Crippen LogP contribution in [-0.2, 0) is 14.6 Å². The van der Waals surface area contributed by atoms with Crippen molar-refractivity contribution in [3.05, 3.63) is 24.3 Å². The topological polar surface area (TPSA) is 75.3 Å². The minimum atomic E-state index is -3.48. The largest absolute Gasteiger partial charge is 0.325 e. The first-order chi connectivity index (χ1) is 10.4. The lowest BCUT2D eigenvalue weighted by molar-refractivity contribution is -0.119. The zero-order valence-electron chi connectivity index (χ0n) is 12.9. The molecular weight excluding hydrogens is 320 g/mol. The van der Waals surface area contributed by atoms with Crippen molar-refractivity contribution in [2.45, 2.75) is 29.4 Å². The maximum Gasteiger partial charge on any atom is 0.245 e. The van der Waals surface area contributed by atoms with Gasteiger partial charge in [-0.2, -0.15) is 0 Å². The highest BCUT2D eigenvalue weighted by Gasteiger charge is 2.48. The average Bonchev–Trinajstić information content (AvgIpc) is 2.47. The number of rotatable bonds is 5. The van der Waals surface area contributed by atoms with Gasteiger partial charge in [-0.25, -0.2) is 8.42 Å². The first-order valence-corrected chi connectivity index (χ1v) is 10.2. The predicted octanol–water partition coefficient (Wildman–Crippen LogP) is 1.90. The fourth-order valence-corrected chi connectivity index (χ4v) is 4.72. The number of anilines is 1. The van der Waals surface area contributed by atoms with Crippen LogP contribution in [0.2, 0.25) is 0 Å². The molecule has 1 aliphatic heterocycles. The molecule has 2 rings (SSSR count). The number of benzene rings is 1. The number of sulfone groups is 1. The summed E-state index contributed by atoms with van der Waals surface area (Å²) in [6.45, 7) is 3.13. The molecule has 0 aromatic heterocycles. The monoisotopic (exact) mass is 342 g/mol. The zero-order chi connectivity index (χ0) is 16.2. The Hall–Kier alpha value is -1.05. The number of hydrogen-bond acceptors (Lipinski definition) is 5. The van der Waals surface area contributed by atoms with Gasteiger partial charge in [-0.15, -0.1) is 11.8 Å². The first-order valence-electron chi connectivity index (χ1n) is 7.34. The van der Waals surface area contributed by atoms with Crippen molar-refractivity contribution >= 4 is 33.2 Å². The van der Waals surface area contributed by atoms with Crippen molar-refractivity contribution < 1.29 is 13.2 Å². The molecule has 22 heavy (non-hydrogen) atoms. The van der Waals surface area contributed by atoms with Crippen molar-refractivity contribution in [1.82, 2.24) is 5.32 Å². The summed E-state index contributed by atoms with van der Waals surface area (Å²) in [5.74, 6) is 0.520. The molecule has 0 atom stereocenters. The summed E-state index contributed by atoms with van der Waals surface area (Å²) in [4.78, 5) is 13.7. The molecule has 0 bridgehead atoms. The molecule has 0 spiro atoms. The van der Waals surface area contributed by atoms with Crippen LogP contribution in [0.3, 0.4) is 0 Å². The van der Waals surface area contributed by atoms with Gasteiger partial charge in [0.05, 0.1) is 0 Å². The maximum absolute atomic E-state index is 12.7. The smallest absolute Gasteiger partial charge is 0.245 e. The lowest BCUT2D eigenvalue weighted by Crippen LogP contribution is -2.55. The van der Waals surface area contributed by atoms with Gasteiger partial charge in [0.25, 0.3) is 0 Å². The second-order valence-corrected chi connectivity index (χ2v) is 9.09. The number of piperidine rings is 1. The summed E-state index contributed by atoms with van der Waals surface area (Å²) in [5, 5.41) is 5.91. The highest BCUT2D eigenvalue weighted by molar-refractivity contribution is 7.99. The maximum atomic E-state index is 12.7. The molecule has 1 aromatic rings. The van der Waals surface area contributed by atoms with Crippen LogP contribution in [0.15, 0.2) is 29.2 Å². The highest BCUT2D eigenvalue weighted by atomic mass is 32.2. The van der Waals surface area contributed by atoms with Gasteiger partial charge in [-0.05, 0) is 49.9 Å². The summed E-state index contributed by atoms with van der Waals surface area (Å²) in [6, 6.07) is 7.50. The van der Waals surface area contributed by atoms with Crippen LogP contribution < -0.4 is 10.6 Å². The highest BCUT2D eigenvalue weighted by Crippen LogP contribution is 2.30. The van der Waals surface area contributed by atoms with Gasteiger partial charge in [0.1, 0.15) is 0 Å². The Bertz CT molecular complexity index is 638. The molecule has 2 N–H and O–H groups in total. The normalized spacial score (nSPS) is 17.9. The van der Waals surface area contributed by atoms with Gasteiger partial charge >= 0.3 is 0 Å². The molecule has 0 saturated carbocycles. The molecule has 0 radical (unpaired) electrons. The number of carbonyl (C=O) groups excluding carboxylic acids is 1. The molecule has 1 aliphatic rings. The Morgan fingerprint density at radius 1 is 1.36 bits per heavy atom. The Balaban J connectivity index is 2.24. The van der Waals surface area contributed by atoms with Gasteiger partial charge in [0.2, 0.25) is 5.91 Å². The predicted molar refractivity (Wildman–Crippen MR) is 91.1 cm³/mol. The van der Waals surface area contributed by atoms with Crippen LogP contribution in [-0.4, -0.2) is 44.2 Å². The third-order valence-electron chi connectivity index (χ3n) is 3.94. The average molecular weight is 342 g/mol. The SMILES string of the molecule is CCSc1cccc(NC(=O)C2(S(C)(=O)=O)CCNCC2)c1. The third-order valence-corrected chi connectivity index (χ3v) is 6.83. The van der Waals surface area contributed by atoms with Crippen LogP contribution in [0.4, 0.5) is 5.69 Å². The van der Waals surface area contributed by atoms with E-state index in [4.69, 9.17) is 0 Å². The van der Waals surface area contributed by atoms with Crippen LogP contribution in [0.1, 0.15) is 19.8 Å². The second-order valence-electron chi connectivity index (χ2n) is 5.43. The Kier molecular flexibility index (Phi) is 5.52. The lowest BCUT2D eigenvalue weighted by atomic mass is 9.95. The summed E-state index contributed by atoms with van der Waals surface area (Å²) >= 11 is 1.68. The third kappa shape index (κ3) is 3.64. The van der Waals surface area contributed by atoms with Gasteiger partial charge in [0, 0.05) is 16.8 Å². The molecule has 7 heteroatoms. The molecule has 122 valence electrons. The van der Waals surface area contributed by atoms with E-state index in [1.807, 2.05) is 18.2 Å². The van der Waals surface area contributed by atoms with E-state index in [0.717, 1.165) is 16.9 Å². The van der Waals surface area contributed by atoms with Gasteiger partial charge in [-0.1, -0.05) is 13.0 Å². The van der Waals surface area contributed by atoms with Crippen molar-refractivity contribution in [1.29, 1.82) is 0 Å². The van der Waals surface area contributed by atoms with E-state index in [9.17, 15) is 13.2 Å². The minimum Gasteiger partial charge on any atom is -0.325 e. The second kappa shape index (κ2) is 7.02. The number of nitrogens with one attached hydrogen (secondary N) is 2. The first kappa shape index (κ1) is 17.3. The van der Waals surface area contributed by atoms with E-state index >= 15 is 0 Å². The quantitative estimate of drug-likeness (QED) is 0.800. The van der Waals surface area contributed by atoms with Gasteiger partial charge in [0.15, 0.2) is 14.6 Å². The van der Waals surface area contributed by atoms with Crippen molar-refractivity contribution in [3.8, 4) is 0 Å². The Morgan fingerprint density at radius 2 is 2.05 bits per heavy atom. The van der Waals surface area contributed by atoms with E-state index in [0.29, 0.717) is 31.6 Å². The van der Waals surface area contributed by atoms with E-state index < -0.39 is 20.5 Å². The van der Waals surface area contributed by atoms with Crippen molar-refractivity contribution in [3.63, 3.8) is 0 Å². The standard InChI is InChI=1S/C15H22N2O3S2/c1-3-21-13-6-4-5-12(11-13)17-14(18)15(22(2,19)20)7-9-16-10-8-15/h4-6,11,16H,3,7-10H2,1-2H3,(H,17,18). The minimum absolute atomic E-state index is 0.307. The number of hydrogen-bond donors (Lipinski definition) is 2. The number of carbonyl (C=O) groups is 1. The summed E-state index contributed by atoms with van der Waals surface area (Å²) in [6.07, 6.45) is 1.77. The summed E-state index contributed by atoms with van der Waals surface area (Å²) in [7, 11) is -3.48. The van der Waals surface area contributed by atoms with Crippen molar-refractivity contribution in [2.24, 2.45) is 0 Å². The van der Waals surface area contributed by atoms with Gasteiger partial charge in [-0.3, -0.25) is 4.79 Å². The Labute approximate surface area is 136 Å². The molecular formula is C15H22N2O3S2. The molecule has 1 amide bonds. The molecule has 1 saturated heterocycles. The van der Waals surface area contributed by atoms with E-state index in [-0.39, 0.29) is 0 Å². The van der Waals surface area contributed by atoms with Gasteiger partial charge < -0.3 is 10.6 Å². The summed E-state index contributed by atoms with van der Waals surface area (Å²) in [5.41, 5.74) is 0.644. The zero-order valence-corrected chi connectivity index (χ0v) is 14.5. The fraction of sp³-hybridized carbons (Fsp3) is 0.533. The van der Waals surface area contributed by atoms with Crippen LogP contribution in [0.5, 0.6) is 0 Å². The number of amides is 1. The molecule has 5 nitrogen and oxygen atoms in total. The van der Waals surface area contributed by atoms with Crippen LogP contribution in [0.25, 0.3) is 0 Å². The molecule has 1 aromatic carbocycles. The number of thioether (sulfide) groups is 1. The summed E-state index contributed by atoms with van der Waals surface area (Å²) < 4.78 is 23.1. The van der Waals surface area contributed by atoms with E-state index in [1.54, 1.807) is 17.8 Å². The van der Waals surface area contributed by atoms with E-state index in [2.05, 4.69) is 17.6 Å². The van der Waals surface area contributed by atoms with Crippen LogP contribution >= 0.6 is 11.8 Å².